The van der Waals surface area contributed by atoms with Crippen LogP contribution in [0.4, 0.5) is 0 Å². The Balaban J connectivity index is 1.50. The summed E-state index contributed by atoms with van der Waals surface area (Å²) >= 11 is 0. The lowest BCUT2D eigenvalue weighted by Crippen LogP contribution is -2.43. The van der Waals surface area contributed by atoms with Gasteiger partial charge in [-0.25, -0.2) is 0 Å². The highest BCUT2D eigenvalue weighted by Crippen LogP contribution is 2.32. The number of rotatable bonds is 2. The molecule has 5 heteroatoms. The molecule has 1 aromatic heterocycles. The van der Waals surface area contributed by atoms with Crippen molar-refractivity contribution in [2.24, 2.45) is 5.92 Å². The summed E-state index contributed by atoms with van der Waals surface area (Å²) in [5, 5.41) is 0. The fraction of sp³-hybridized carbons (Fsp3) is 0.368. The van der Waals surface area contributed by atoms with Gasteiger partial charge in [-0.3, -0.25) is 9.78 Å². The molecule has 0 aliphatic carbocycles. The molecule has 4 rings (SSSR count). The molecule has 0 bridgehead atoms. The van der Waals surface area contributed by atoms with Gasteiger partial charge in [0.05, 0.1) is 13.0 Å². The normalized spacial score (nSPS) is 19.0. The number of nitrogens with zero attached hydrogens (tertiary/aromatic N) is 2. The number of carbonyl (C=O) groups is 1. The lowest BCUT2D eigenvalue weighted by Gasteiger charge is -2.33. The monoisotopic (exact) mass is 324 g/mol. The van der Waals surface area contributed by atoms with Gasteiger partial charge in [0.2, 0.25) is 5.91 Å². The van der Waals surface area contributed by atoms with Crippen LogP contribution in [0.15, 0.2) is 36.5 Å². The molecule has 1 atom stereocenters. The molecule has 0 saturated heterocycles. The Morgan fingerprint density at radius 3 is 3.12 bits per heavy atom. The molecule has 1 aromatic carbocycles. The maximum absolute atomic E-state index is 12.9. The van der Waals surface area contributed by atoms with Gasteiger partial charge in [0.25, 0.3) is 0 Å². The van der Waals surface area contributed by atoms with Crippen LogP contribution in [0.5, 0.6) is 11.5 Å². The number of hydrogen-bond donors (Lipinski definition) is 0. The van der Waals surface area contributed by atoms with Crippen molar-refractivity contribution in [2.45, 2.75) is 19.4 Å². The number of ether oxygens (including phenoxy) is 2. The van der Waals surface area contributed by atoms with E-state index in [1.807, 2.05) is 35.4 Å². The minimum absolute atomic E-state index is 0.136. The first-order chi connectivity index (χ1) is 11.7. The molecule has 0 spiro atoms. The first kappa shape index (κ1) is 15.0. The van der Waals surface area contributed by atoms with E-state index in [9.17, 15) is 4.79 Å². The fourth-order valence-electron chi connectivity index (χ4n) is 3.47. The van der Waals surface area contributed by atoms with Crippen molar-refractivity contribution in [3.63, 3.8) is 0 Å². The summed E-state index contributed by atoms with van der Waals surface area (Å²) in [7, 11) is 1.65. The third-order valence-corrected chi connectivity index (χ3v) is 4.80. The molecule has 3 heterocycles. The van der Waals surface area contributed by atoms with Crippen LogP contribution in [0.25, 0.3) is 0 Å². The van der Waals surface area contributed by atoms with Crippen LogP contribution < -0.4 is 9.47 Å². The number of fused-ring (bicyclic) bond motifs is 2. The van der Waals surface area contributed by atoms with Crippen molar-refractivity contribution >= 4 is 5.91 Å². The number of amides is 1. The minimum atomic E-state index is -0.136. The second kappa shape index (κ2) is 6.15. The van der Waals surface area contributed by atoms with E-state index >= 15 is 0 Å². The van der Waals surface area contributed by atoms with Crippen LogP contribution in [-0.2, 0) is 24.2 Å². The molecule has 0 N–H and O–H groups in total. The Morgan fingerprint density at radius 1 is 1.33 bits per heavy atom. The molecule has 24 heavy (non-hydrogen) atoms. The number of carbonyl (C=O) groups excluding carboxylic acids is 1. The average molecular weight is 324 g/mol. The Morgan fingerprint density at radius 2 is 2.25 bits per heavy atom. The second-order valence-corrected chi connectivity index (χ2v) is 6.30. The van der Waals surface area contributed by atoms with Gasteiger partial charge in [-0.15, -0.1) is 0 Å². The van der Waals surface area contributed by atoms with Crippen molar-refractivity contribution in [1.29, 1.82) is 0 Å². The largest absolute Gasteiger partial charge is 0.497 e. The highest BCUT2D eigenvalue weighted by atomic mass is 16.5. The van der Waals surface area contributed by atoms with Crippen molar-refractivity contribution < 1.29 is 14.3 Å². The molecule has 0 radical (unpaired) electrons. The summed E-state index contributed by atoms with van der Waals surface area (Å²) in [4.78, 5) is 19.3. The zero-order chi connectivity index (χ0) is 16.5. The predicted octanol–water partition coefficient (Wildman–Crippen LogP) is 2.23. The SMILES string of the molecule is COc1ccc2c(c1)C[C@@H](C(=O)N1CCc3ncccc3C1)CO2. The van der Waals surface area contributed by atoms with Gasteiger partial charge in [0, 0.05) is 31.4 Å². The zero-order valence-corrected chi connectivity index (χ0v) is 13.7. The fourth-order valence-corrected chi connectivity index (χ4v) is 3.47. The van der Waals surface area contributed by atoms with E-state index in [0.717, 1.165) is 41.3 Å². The Labute approximate surface area is 141 Å². The predicted molar refractivity (Wildman–Crippen MR) is 89.0 cm³/mol. The molecule has 2 aliphatic heterocycles. The van der Waals surface area contributed by atoms with Gasteiger partial charge in [-0.05, 0) is 41.8 Å². The molecule has 124 valence electrons. The molecular formula is C19H20N2O3. The van der Waals surface area contributed by atoms with Crippen LogP contribution in [-0.4, -0.2) is 36.1 Å². The third-order valence-electron chi connectivity index (χ3n) is 4.80. The van der Waals surface area contributed by atoms with E-state index in [1.54, 1.807) is 7.11 Å². The van der Waals surface area contributed by atoms with E-state index in [1.165, 1.54) is 0 Å². The standard InChI is InChI=1S/C19H20N2O3/c1-23-16-4-5-18-14(10-16)9-15(12-24-18)19(22)21-8-6-17-13(11-21)3-2-7-20-17/h2-5,7,10,15H,6,8-9,11-12H2,1H3/t15-/m1/s1. The van der Waals surface area contributed by atoms with E-state index in [-0.39, 0.29) is 11.8 Å². The summed E-state index contributed by atoms with van der Waals surface area (Å²) in [6.45, 7) is 1.81. The highest BCUT2D eigenvalue weighted by Gasteiger charge is 2.31. The lowest BCUT2D eigenvalue weighted by molar-refractivity contribution is -0.137. The Kier molecular flexibility index (Phi) is 3.84. The van der Waals surface area contributed by atoms with Crippen LogP contribution in [0.3, 0.4) is 0 Å². The van der Waals surface area contributed by atoms with E-state index in [0.29, 0.717) is 19.6 Å². The van der Waals surface area contributed by atoms with Gasteiger partial charge in [0.1, 0.15) is 18.1 Å². The smallest absolute Gasteiger partial charge is 0.229 e. The van der Waals surface area contributed by atoms with Crippen molar-refractivity contribution in [3.8, 4) is 11.5 Å². The van der Waals surface area contributed by atoms with Crippen molar-refractivity contribution in [1.82, 2.24) is 9.88 Å². The van der Waals surface area contributed by atoms with E-state index in [2.05, 4.69) is 11.1 Å². The van der Waals surface area contributed by atoms with Gasteiger partial charge in [-0.2, -0.15) is 0 Å². The molecule has 1 amide bonds. The van der Waals surface area contributed by atoms with Gasteiger partial charge in [0.15, 0.2) is 0 Å². The van der Waals surface area contributed by atoms with Crippen LogP contribution >= 0.6 is 0 Å². The molecule has 2 aromatic rings. The molecular weight excluding hydrogens is 304 g/mol. The number of hydrogen-bond acceptors (Lipinski definition) is 4. The number of benzene rings is 1. The average Bonchev–Trinajstić information content (AvgIpc) is 2.66. The molecule has 5 nitrogen and oxygen atoms in total. The first-order valence-corrected chi connectivity index (χ1v) is 8.26. The minimum Gasteiger partial charge on any atom is -0.497 e. The summed E-state index contributed by atoms with van der Waals surface area (Å²) in [6, 6.07) is 9.75. The van der Waals surface area contributed by atoms with Crippen molar-refractivity contribution in [3.05, 3.63) is 53.3 Å². The van der Waals surface area contributed by atoms with Crippen molar-refractivity contribution in [2.75, 3.05) is 20.3 Å². The maximum Gasteiger partial charge on any atom is 0.229 e. The Hall–Kier alpha value is -2.56. The zero-order valence-electron chi connectivity index (χ0n) is 13.7. The van der Waals surface area contributed by atoms with Gasteiger partial charge < -0.3 is 14.4 Å². The first-order valence-electron chi connectivity index (χ1n) is 8.26. The number of methoxy groups -OCH3 is 1. The van der Waals surface area contributed by atoms with Crippen LogP contribution in [0, 0.1) is 5.92 Å². The summed E-state index contributed by atoms with van der Waals surface area (Å²) in [5.41, 5.74) is 3.30. The van der Waals surface area contributed by atoms with E-state index < -0.39 is 0 Å². The lowest BCUT2D eigenvalue weighted by atomic mass is 9.94. The Bertz CT molecular complexity index is 775. The third kappa shape index (κ3) is 2.70. The maximum atomic E-state index is 12.9. The topological polar surface area (TPSA) is 51.7 Å². The van der Waals surface area contributed by atoms with Crippen LogP contribution in [0.1, 0.15) is 16.8 Å². The number of pyridine rings is 1. The second-order valence-electron chi connectivity index (χ2n) is 6.30. The quantitative estimate of drug-likeness (QED) is 0.850. The molecule has 0 saturated carbocycles. The molecule has 2 aliphatic rings. The highest BCUT2D eigenvalue weighted by molar-refractivity contribution is 5.80. The van der Waals surface area contributed by atoms with Crippen LogP contribution in [0.2, 0.25) is 0 Å². The number of aromatic nitrogens is 1. The molecule has 0 unspecified atom stereocenters. The van der Waals surface area contributed by atoms with E-state index in [4.69, 9.17) is 9.47 Å². The summed E-state index contributed by atoms with van der Waals surface area (Å²) in [6.07, 6.45) is 3.33. The summed E-state index contributed by atoms with van der Waals surface area (Å²) in [5.74, 6) is 1.68. The van der Waals surface area contributed by atoms with Gasteiger partial charge >= 0.3 is 0 Å². The molecule has 0 fully saturated rings. The summed E-state index contributed by atoms with van der Waals surface area (Å²) < 4.78 is 11.1. The van der Waals surface area contributed by atoms with Gasteiger partial charge in [-0.1, -0.05) is 6.07 Å².